The normalized spacial score (nSPS) is 21.0. The van der Waals surface area contributed by atoms with Gasteiger partial charge in [-0.3, -0.25) is 4.68 Å². The van der Waals surface area contributed by atoms with Gasteiger partial charge in [0.25, 0.3) is 0 Å². The fraction of sp³-hybridized carbons (Fsp3) is 0.824. The first kappa shape index (κ1) is 15.6. The number of rotatable bonds is 6. The Hall–Kier alpha value is -0.830. The molecule has 0 radical (unpaired) electrons. The predicted molar refractivity (Wildman–Crippen MR) is 84.7 cm³/mol. The smallest absolute Gasteiger partial charge is 0.0537 e. The van der Waals surface area contributed by atoms with Crippen LogP contribution < -0.4 is 5.32 Å². The van der Waals surface area contributed by atoms with Crippen LogP contribution in [0.15, 0.2) is 12.4 Å². The molecule has 0 amide bonds. The Labute approximate surface area is 124 Å². The van der Waals surface area contributed by atoms with Gasteiger partial charge in [-0.15, -0.1) is 0 Å². The number of nitrogens with one attached hydrogen (secondary N) is 1. The summed E-state index contributed by atoms with van der Waals surface area (Å²) in [5.74, 6) is 0.768. The molecule has 1 atom stereocenters. The number of nitrogens with zero attached hydrogens (tertiary/aromatic N) is 2. The molecule has 0 spiro atoms. The van der Waals surface area contributed by atoms with Gasteiger partial charge in [0, 0.05) is 24.3 Å². The van der Waals surface area contributed by atoms with Gasteiger partial charge in [-0.05, 0) is 56.9 Å². The molecule has 1 unspecified atom stereocenters. The van der Waals surface area contributed by atoms with Crippen LogP contribution in [0.5, 0.6) is 0 Å². The Morgan fingerprint density at radius 3 is 2.60 bits per heavy atom. The van der Waals surface area contributed by atoms with Crippen LogP contribution in [-0.2, 0) is 6.54 Å². The van der Waals surface area contributed by atoms with Crippen molar-refractivity contribution in [3.05, 3.63) is 18.0 Å². The maximum absolute atomic E-state index is 4.46. The maximum atomic E-state index is 4.46. The first-order valence-corrected chi connectivity index (χ1v) is 8.31. The molecule has 1 N–H and O–H groups in total. The molecule has 114 valence electrons. The molecule has 1 aromatic heterocycles. The minimum absolute atomic E-state index is 0.492. The van der Waals surface area contributed by atoms with Gasteiger partial charge in [0.05, 0.1) is 6.20 Å². The van der Waals surface area contributed by atoms with Gasteiger partial charge in [0.15, 0.2) is 0 Å². The van der Waals surface area contributed by atoms with Crippen molar-refractivity contribution in [1.82, 2.24) is 15.1 Å². The Morgan fingerprint density at radius 2 is 2.05 bits per heavy atom. The standard InChI is InChI=1S/C17H31N3/c1-5-11-18-16(15-12-19-20(6-2)13-15)14-7-9-17(3,4)10-8-14/h12-14,16,18H,5-11H2,1-4H3. The topological polar surface area (TPSA) is 29.9 Å². The Kier molecular flexibility index (Phi) is 5.25. The molecule has 3 nitrogen and oxygen atoms in total. The summed E-state index contributed by atoms with van der Waals surface area (Å²) >= 11 is 0. The van der Waals surface area contributed by atoms with Gasteiger partial charge in [-0.25, -0.2) is 0 Å². The molecule has 0 aromatic carbocycles. The van der Waals surface area contributed by atoms with Crippen LogP contribution in [0.25, 0.3) is 0 Å². The van der Waals surface area contributed by atoms with E-state index in [1.165, 1.54) is 37.7 Å². The zero-order valence-electron chi connectivity index (χ0n) is 13.7. The van der Waals surface area contributed by atoms with E-state index >= 15 is 0 Å². The summed E-state index contributed by atoms with van der Waals surface area (Å²) in [5.41, 5.74) is 1.92. The lowest BCUT2D eigenvalue weighted by molar-refractivity contribution is 0.161. The molecular weight excluding hydrogens is 246 g/mol. The number of hydrogen-bond donors (Lipinski definition) is 1. The fourth-order valence-electron chi connectivity index (χ4n) is 3.32. The first-order valence-electron chi connectivity index (χ1n) is 8.31. The third kappa shape index (κ3) is 3.85. The second-order valence-corrected chi connectivity index (χ2v) is 7.06. The predicted octanol–water partition coefficient (Wildman–Crippen LogP) is 4.16. The van der Waals surface area contributed by atoms with Gasteiger partial charge in [0.1, 0.15) is 0 Å². The molecular formula is C17H31N3. The molecule has 20 heavy (non-hydrogen) atoms. The molecule has 2 rings (SSSR count). The van der Waals surface area contributed by atoms with E-state index in [-0.39, 0.29) is 0 Å². The number of hydrogen-bond acceptors (Lipinski definition) is 2. The zero-order valence-corrected chi connectivity index (χ0v) is 13.7. The maximum Gasteiger partial charge on any atom is 0.0537 e. The lowest BCUT2D eigenvalue weighted by Gasteiger charge is -2.38. The highest BCUT2D eigenvalue weighted by molar-refractivity contribution is 5.12. The lowest BCUT2D eigenvalue weighted by atomic mass is 9.70. The van der Waals surface area contributed by atoms with E-state index in [9.17, 15) is 0 Å². The molecule has 1 saturated carbocycles. The van der Waals surface area contributed by atoms with E-state index in [1.807, 2.05) is 4.68 Å². The van der Waals surface area contributed by atoms with Crippen molar-refractivity contribution in [2.24, 2.45) is 11.3 Å². The van der Waals surface area contributed by atoms with Gasteiger partial charge in [-0.1, -0.05) is 20.8 Å². The minimum Gasteiger partial charge on any atom is -0.310 e. The molecule has 1 aliphatic rings. The van der Waals surface area contributed by atoms with Gasteiger partial charge < -0.3 is 5.32 Å². The highest BCUT2D eigenvalue weighted by Crippen LogP contribution is 2.42. The van der Waals surface area contributed by atoms with Crippen molar-refractivity contribution in [3.63, 3.8) is 0 Å². The van der Waals surface area contributed by atoms with E-state index in [4.69, 9.17) is 0 Å². The zero-order chi connectivity index (χ0) is 14.6. The molecule has 0 bridgehead atoms. The Balaban J connectivity index is 2.07. The Bertz CT molecular complexity index is 398. The lowest BCUT2D eigenvalue weighted by Crippen LogP contribution is -2.33. The average molecular weight is 277 g/mol. The summed E-state index contributed by atoms with van der Waals surface area (Å²) < 4.78 is 2.04. The quantitative estimate of drug-likeness (QED) is 0.846. The first-order chi connectivity index (χ1) is 9.55. The van der Waals surface area contributed by atoms with Crippen LogP contribution >= 0.6 is 0 Å². The molecule has 0 saturated heterocycles. The average Bonchev–Trinajstić information content (AvgIpc) is 2.89. The van der Waals surface area contributed by atoms with Crippen LogP contribution in [-0.4, -0.2) is 16.3 Å². The van der Waals surface area contributed by atoms with Crippen LogP contribution in [0.1, 0.15) is 71.4 Å². The van der Waals surface area contributed by atoms with Crippen molar-refractivity contribution in [3.8, 4) is 0 Å². The minimum atomic E-state index is 0.492. The van der Waals surface area contributed by atoms with E-state index < -0.39 is 0 Å². The summed E-state index contributed by atoms with van der Waals surface area (Å²) in [6.07, 6.45) is 10.9. The van der Waals surface area contributed by atoms with E-state index in [0.29, 0.717) is 11.5 Å². The Morgan fingerprint density at radius 1 is 1.35 bits per heavy atom. The van der Waals surface area contributed by atoms with Gasteiger partial charge >= 0.3 is 0 Å². The van der Waals surface area contributed by atoms with Crippen molar-refractivity contribution in [1.29, 1.82) is 0 Å². The molecule has 1 aliphatic carbocycles. The highest BCUT2D eigenvalue weighted by atomic mass is 15.3. The van der Waals surface area contributed by atoms with Crippen molar-refractivity contribution in [2.75, 3.05) is 6.54 Å². The molecule has 1 aromatic rings. The van der Waals surface area contributed by atoms with Gasteiger partial charge in [0.2, 0.25) is 0 Å². The summed E-state index contributed by atoms with van der Waals surface area (Å²) in [7, 11) is 0. The summed E-state index contributed by atoms with van der Waals surface area (Å²) in [5, 5.41) is 8.23. The van der Waals surface area contributed by atoms with E-state index in [1.54, 1.807) is 0 Å². The van der Waals surface area contributed by atoms with Crippen LogP contribution in [0, 0.1) is 11.3 Å². The van der Waals surface area contributed by atoms with Crippen LogP contribution in [0.2, 0.25) is 0 Å². The molecule has 0 aliphatic heterocycles. The van der Waals surface area contributed by atoms with Crippen LogP contribution in [0.4, 0.5) is 0 Å². The van der Waals surface area contributed by atoms with Crippen molar-refractivity contribution in [2.45, 2.75) is 72.4 Å². The molecule has 3 heteroatoms. The number of aromatic nitrogens is 2. The second-order valence-electron chi connectivity index (χ2n) is 7.06. The summed E-state index contributed by atoms with van der Waals surface area (Å²) in [4.78, 5) is 0. The van der Waals surface area contributed by atoms with E-state index in [2.05, 4.69) is 50.5 Å². The molecule has 1 fully saturated rings. The van der Waals surface area contributed by atoms with Gasteiger partial charge in [-0.2, -0.15) is 5.10 Å². The largest absolute Gasteiger partial charge is 0.310 e. The van der Waals surface area contributed by atoms with Crippen LogP contribution in [0.3, 0.4) is 0 Å². The van der Waals surface area contributed by atoms with Crippen molar-refractivity contribution < 1.29 is 0 Å². The van der Waals surface area contributed by atoms with Crippen molar-refractivity contribution >= 4 is 0 Å². The second kappa shape index (κ2) is 6.75. The highest BCUT2D eigenvalue weighted by Gasteiger charge is 2.32. The third-order valence-corrected chi connectivity index (χ3v) is 4.81. The van der Waals surface area contributed by atoms with E-state index in [0.717, 1.165) is 19.0 Å². The summed E-state index contributed by atoms with van der Waals surface area (Å²) in [6.45, 7) is 11.3. The number of aryl methyl sites for hydroxylation is 1. The molecule has 1 heterocycles. The SMILES string of the molecule is CCCNC(c1cnn(CC)c1)C1CCC(C)(C)CC1. The monoisotopic (exact) mass is 277 g/mol. The summed E-state index contributed by atoms with van der Waals surface area (Å²) in [6, 6.07) is 0.492. The third-order valence-electron chi connectivity index (χ3n) is 4.81. The fourth-order valence-corrected chi connectivity index (χ4v) is 3.32.